The standard InChI is InChI=1S/C14H22N2OS/c1-10-4-5-12-11(8-10)9-13(18-12)14(17)16-7-3-2-6-15/h9-10H,2-8,15H2,1H3,(H,16,17). The van der Waals surface area contributed by atoms with Crippen molar-refractivity contribution >= 4 is 17.2 Å². The largest absolute Gasteiger partial charge is 0.351 e. The molecule has 1 heterocycles. The van der Waals surface area contributed by atoms with E-state index < -0.39 is 0 Å². The SMILES string of the molecule is CC1CCc2sc(C(=O)NCCCCN)cc2C1. The first-order chi connectivity index (χ1) is 8.70. The fourth-order valence-corrected chi connectivity index (χ4v) is 3.50. The molecule has 0 aliphatic heterocycles. The summed E-state index contributed by atoms with van der Waals surface area (Å²) in [5.41, 5.74) is 6.82. The number of rotatable bonds is 5. The van der Waals surface area contributed by atoms with Crippen LogP contribution in [0.5, 0.6) is 0 Å². The summed E-state index contributed by atoms with van der Waals surface area (Å²) in [6.07, 6.45) is 5.46. The average Bonchev–Trinajstić information content (AvgIpc) is 2.77. The minimum absolute atomic E-state index is 0.0825. The van der Waals surface area contributed by atoms with Gasteiger partial charge >= 0.3 is 0 Å². The first-order valence-electron chi connectivity index (χ1n) is 6.80. The van der Waals surface area contributed by atoms with Gasteiger partial charge in [-0.05, 0) is 56.2 Å². The zero-order valence-corrected chi connectivity index (χ0v) is 11.8. The number of thiophene rings is 1. The molecule has 1 aliphatic rings. The summed E-state index contributed by atoms with van der Waals surface area (Å²) >= 11 is 1.67. The van der Waals surface area contributed by atoms with Gasteiger partial charge in [-0.3, -0.25) is 4.79 Å². The minimum Gasteiger partial charge on any atom is -0.351 e. The van der Waals surface area contributed by atoms with E-state index in [2.05, 4.69) is 18.3 Å². The van der Waals surface area contributed by atoms with Crippen LogP contribution < -0.4 is 11.1 Å². The van der Waals surface area contributed by atoms with Crippen molar-refractivity contribution in [3.63, 3.8) is 0 Å². The van der Waals surface area contributed by atoms with E-state index >= 15 is 0 Å². The van der Waals surface area contributed by atoms with Crippen molar-refractivity contribution in [2.45, 2.75) is 39.0 Å². The van der Waals surface area contributed by atoms with Crippen LogP contribution in [0.4, 0.5) is 0 Å². The molecule has 0 saturated carbocycles. The Morgan fingerprint density at radius 1 is 1.56 bits per heavy atom. The number of fused-ring (bicyclic) bond motifs is 1. The summed E-state index contributed by atoms with van der Waals surface area (Å²) in [5, 5.41) is 2.97. The normalized spacial score (nSPS) is 18.4. The quantitative estimate of drug-likeness (QED) is 0.804. The van der Waals surface area contributed by atoms with Crippen LogP contribution in [0.2, 0.25) is 0 Å². The van der Waals surface area contributed by atoms with Gasteiger partial charge < -0.3 is 11.1 Å². The molecule has 0 spiro atoms. The predicted octanol–water partition coefficient (Wildman–Crippen LogP) is 2.34. The fraction of sp³-hybridized carbons (Fsp3) is 0.643. The van der Waals surface area contributed by atoms with E-state index in [1.165, 1.54) is 16.9 Å². The van der Waals surface area contributed by atoms with Crippen LogP contribution in [0.25, 0.3) is 0 Å². The van der Waals surface area contributed by atoms with Gasteiger partial charge in [0.2, 0.25) is 0 Å². The topological polar surface area (TPSA) is 55.1 Å². The third kappa shape index (κ3) is 3.33. The molecule has 1 unspecified atom stereocenters. The zero-order valence-electron chi connectivity index (χ0n) is 11.0. The van der Waals surface area contributed by atoms with Crippen molar-refractivity contribution in [3.8, 4) is 0 Å². The van der Waals surface area contributed by atoms with Crippen molar-refractivity contribution in [3.05, 3.63) is 21.4 Å². The van der Waals surface area contributed by atoms with Crippen molar-refractivity contribution < 1.29 is 4.79 Å². The van der Waals surface area contributed by atoms with Crippen molar-refractivity contribution in [1.29, 1.82) is 0 Å². The Balaban J connectivity index is 1.91. The lowest BCUT2D eigenvalue weighted by molar-refractivity contribution is 0.0957. The summed E-state index contributed by atoms with van der Waals surface area (Å²) in [7, 11) is 0. The Labute approximate surface area is 113 Å². The van der Waals surface area contributed by atoms with Gasteiger partial charge in [0, 0.05) is 11.4 Å². The van der Waals surface area contributed by atoms with E-state index in [1.807, 2.05) is 0 Å². The summed E-state index contributed by atoms with van der Waals surface area (Å²) in [4.78, 5) is 14.3. The van der Waals surface area contributed by atoms with E-state index in [-0.39, 0.29) is 5.91 Å². The highest BCUT2D eigenvalue weighted by Gasteiger charge is 2.20. The molecule has 0 aromatic carbocycles. The zero-order chi connectivity index (χ0) is 13.0. The van der Waals surface area contributed by atoms with E-state index in [0.717, 1.165) is 43.0 Å². The van der Waals surface area contributed by atoms with Gasteiger partial charge in [0.25, 0.3) is 5.91 Å². The Kier molecular flexibility index (Phi) is 4.78. The maximum Gasteiger partial charge on any atom is 0.261 e. The van der Waals surface area contributed by atoms with Gasteiger partial charge in [-0.15, -0.1) is 11.3 Å². The van der Waals surface area contributed by atoms with Gasteiger partial charge in [-0.1, -0.05) is 6.92 Å². The summed E-state index contributed by atoms with van der Waals surface area (Å²) in [6.45, 7) is 3.71. The van der Waals surface area contributed by atoms with Crippen LogP contribution >= 0.6 is 11.3 Å². The molecule has 18 heavy (non-hydrogen) atoms. The number of hydrogen-bond donors (Lipinski definition) is 2. The lowest BCUT2D eigenvalue weighted by Gasteiger charge is -2.16. The fourth-order valence-electron chi connectivity index (χ4n) is 2.38. The molecule has 0 radical (unpaired) electrons. The van der Waals surface area contributed by atoms with Gasteiger partial charge in [0.1, 0.15) is 0 Å². The van der Waals surface area contributed by atoms with Crippen LogP contribution in [0.15, 0.2) is 6.07 Å². The van der Waals surface area contributed by atoms with Crippen molar-refractivity contribution in [2.24, 2.45) is 11.7 Å². The lowest BCUT2D eigenvalue weighted by Crippen LogP contribution is -2.24. The molecule has 1 aromatic rings. The molecule has 2 rings (SSSR count). The number of nitrogens with two attached hydrogens (primary N) is 1. The van der Waals surface area contributed by atoms with Gasteiger partial charge in [0.15, 0.2) is 0 Å². The highest BCUT2D eigenvalue weighted by Crippen LogP contribution is 2.32. The van der Waals surface area contributed by atoms with Crippen molar-refractivity contribution in [1.82, 2.24) is 5.32 Å². The minimum atomic E-state index is 0.0825. The highest BCUT2D eigenvalue weighted by molar-refractivity contribution is 7.14. The molecule has 0 fully saturated rings. The predicted molar refractivity (Wildman–Crippen MR) is 76.1 cm³/mol. The molecule has 0 bridgehead atoms. The molecule has 1 aliphatic carbocycles. The van der Waals surface area contributed by atoms with Gasteiger partial charge in [-0.2, -0.15) is 0 Å². The van der Waals surface area contributed by atoms with Crippen LogP contribution in [-0.2, 0) is 12.8 Å². The summed E-state index contributed by atoms with van der Waals surface area (Å²) in [6, 6.07) is 2.09. The number of hydrogen-bond acceptors (Lipinski definition) is 3. The Bertz CT molecular complexity index is 414. The molecule has 3 nitrogen and oxygen atoms in total. The molecule has 100 valence electrons. The van der Waals surface area contributed by atoms with Crippen molar-refractivity contribution in [2.75, 3.05) is 13.1 Å². The maximum absolute atomic E-state index is 12.0. The number of aryl methyl sites for hydroxylation is 1. The molecule has 1 aromatic heterocycles. The Morgan fingerprint density at radius 3 is 3.17 bits per heavy atom. The molecule has 0 saturated heterocycles. The number of unbranched alkanes of at least 4 members (excludes halogenated alkanes) is 1. The first kappa shape index (κ1) is 13.6. The smallest absolute Gasteiger partial charge is 0.261 e. The molecular formula is C14H22N2OS. The van der Waals surface area contributed by atoms with E-state index in [1.54, 1.807) is 11.3 Å². The number of carbonyl (C=O) groups is 1. The maximum atomic E-state index is 12.0. The van der Waals surface area contributed by atoms with E-state index in [9.17, 15) is 4.79 Å². The molecule has 4 heteroatoms. The monoisotopic (exact) mass is 266 g/mol. The highest BCUT2D eigenvalue weighted by atomic mass is 32.1. The lowest BCUT2D eigenvalue weighted by atomic mass is 9.90. The molecule has 1 amide bonds. The van der Waals surface area contributed by atoms with E-state index in [4.69, 9.17) is 5.73 Å². The summed E-state index contributed by atoms with van der Waals surface area (Å²) < 4.78 is 0. The third-order valence-corrected chi connectivity index (χ3v) is 4.71. The van der Waals surface area contributed by atoms with Gasteiger partial charge in [0.05, 0.1) is 4.88 Å². The van der Waals surface area contributed by atoms with Crippen LogP contribution in [0.1, 0.15) is 46.3 Å². The summed E-state index contributed by atoms with van der Waals surface area (Å²) in [5.74, 6) is 0.839. The van der Waals surface area contributed by atoms with Gasteiger partial charge in [-0.25, -0.2) is 0 Å². The van der Waals surface area contributed by atoms with Crippen LogP contribution in [-0.4, -0.2) is 19.0 Å². The Hall–Kier alpha value is -0.870. The molecule has 3 N–H and O–H groups in total. The first-order valence-corrected chi connectivity index (χ1v) is 7.62. The average molecular weight is 266 g/mol. The second kappa shape index (κ2) is 6.34. The second-order valence-electron chi connectivity index (χ2n) is 5.16. The van der Waals surface area contributed by atoms with Crippen LogP contribution in [0, 0.1) is 5.92 Å². The molecule has 1 atom stereocenters. The number of amides is 1. The number of carbonyl (C=O) groups excluding carboxylic acids is 1. The second-order valence-corrected chi connectivity index (χ2v) is 6.30. The van der Waals surface area contributed by atoms with Crippen LogP contribution in [0.3, 0.4) is 0 Å². The Morgan fingerprint density at radius 2 is 2.39 bits per heavy atom. The molecular weight excluding hydrogens is 244 g/mol. The van der Waals surface area contributed by atoms with E-state index in [0.29, 0.717) is 6.54 Å². The third-order valence-electron chi connectivity index (χ3n) is 3.47. The number of nitrogens with one attached hydrogen (secondary N) is 1.